The summed E-state index contributed by atoms with van der Waals surface area (Å²) >= 11 is 6.08. The van der Waals surface area contributed by atoms with Gasteiger partial charge in [-0.05, 0) is 12.1 Å². The Hall–Kier alpha value is -2.27. The molecule has 0 amide bonds. The molecule has 0 spiro atoms. The van der Waals surface area contributed by atoms with Crippen LogP contribution < -0.4 is 0 Å². The molecule has 1 atom stereocenters. The Labute approximate surface area is 125 Å². The van der Waals surface area contributed by atoms with Crippen LogP contribution in [0.5, 0.6) is 0 Å². The van der Waals surface area contributed by atoms with Crippen molar-refractivity contribution in [2.24, 2.45) is 4.99 Å². The quantitative estimate of drug-likeness (QED) is 0.799. The van der Waals surface area contributed by atoms with E-state index in [9.17, 15) is 9.59 Å². The van der Waals surface area contributed by atoms with Gasteiger partial charge in [0.1, 0.15) is 11.1 Å². The monoisotopic (exact) mass is 302 g/mol. The van der Waals surface area contributed by atoms with E-state index in [4.69, 9.17) is 16.0 Å². The van der Waals surface area contributed by atoms with Gasteiger partial charge < -0.3 is 4.42 Å². The Morgan fingerprint density at radius 1 is 1.29 bits per heavy atom. The van der Waals surface area contributed by atoms with Gasteiger partial charge in [0.25, 0.3) is 0 Å². The van der Waals surface area contributed by atoms with E-state index in [0.717, 1.165) is 0 Å². The number of Topliss-reactive ketones (excluding diaryl/α,β-unsaturated/α-hetero) is 2. The van der Waals surface area contributed by atoms with E-state index in [1.165, 1.54) is 0 Å². The SMILES string of the molecule is CCc1nc2c(o1)C(=O)C(=Nc1ccccc1)C(Cl)C2=O. The molecular weight excluding hydrogens is 292 g/mol. The molecule has 0 saturated carbocycles. The van der Waals surface area contributed by atoms with Crippen LogP contribution >= 0.6 is 11.6 Å². The first-order valence-corrected chi connectivity index (χ1v) is 6.91. The van der Waals surface area contributed by atoms with Crippen molar-refractivity contribution in [1.29, 1.82) is 0 Å². The number of aryl methyl sites for hydroxylation is 1. The minimum Gasteiger partial charge on any atom is -0.436 e. The number of carbonyl (C=O) groups excluding carboxylic acids is 2. The molecule has 1 aliphatic rings. The van der Waals surface area contributed by atoms with Crippen LogP contribution in [0.3, 0.4) is 0 Å². The van der Waals surface area contributed by atoms with Gasteiger partial charge in [-0.3, -0.25) is 9.59 Å². The number of halogens is 1. The molecule has 106 valence electrons. The number of fused-ring (bicyclic) bond motifs is 1. The van der Waals surface area contributed by atoms with Gasteiger partial charge in [0, 0.05) is 6.42 Å². The van der Waals surface area contributed by atoms with Crippen molar-refractivity contribution in [3.8, 4) is 0 Å². The predicted molar refractivity (Wildman–Crippen MR) is 77.7 cm³/mol. The standard InChI is InChI=1S/C15H11ClN2O3/c1-2-9-18-12-13(19)10(16)11(14(20)15(12)21-9)17-8-6-4-3-5-7-8/h3-7,10H,2H2,1H3. The predicted octanol–water partition coefficient (Wildman–Crippen LogP) is 3.00. The number of hydrogen-bond acceptors (Lipinski definition) is 5. The summed E-state index contributed by atoms with van der Waals surface area (Å²) in [5.74, 6) is -0.667. The molecule has 21 heavy (non-hydrogen) atoms. The van der Waals surface area contributed by atoms with Crippen molar-refractivity contribution >= 4 is 34.6 Å². The maximum atomic E-state index is 12.4. The zero-order valence-corrected chi connectivity index (χ0v) is 11.9. The van der Waals surface area contributed by atoms with Gasteiger partial charge in [-0.25, -0.2) is 9.98 Å². The van der Waals surface area contributed by atoms with Crippen LogP contribution in [-0.4, -0.2) is 27.6 Å². The Morgan fingerprint density at radius 2 is 2.00 bits per heavy atom. The van der Waals surface area contributed by atoms with Crippen molar-refractivity contribution in [2.45, 2.75) is 18.7 Å². The largest absolute Gasteiger partial charge is 0.436 e. The Kier molecular flexibility index (Phi) is 3.43. The summed E-state index contributed by atoms with van der Waals surface area (Å²) < 4.78 is 5.33. The molecular formula is C15H11ClN2O3. The lowest BCUT2D eigenvalue weighted by molar-refractivity contribution is 0.0952. The highest BCUT2D eigenvalue weighted by molar-refractivity contribution is 6.64. The second-order valence-corrected chi connectivity index (χ2v) is 4.96. The van der Waals surface area contributed by atoms with Gasteiger partial charge >= 0.3 is 0 Å². The number of aromatic nitrogens is 1. The fourth-order valence-corrected chi connectivity index (χ4v) is 2.31. The molecule has 1 aliphatic carbocycles. The maximum Gasteiger partial charge on any atom is 0.246 e. The number of ketones is 2. The molecule has 1 aromatic heterocycles. The number of benzene rings is 1. The van der Waals surface area contributed by atoms with Gasteiger partial charge in [-0.15, -0.1) is 11.6 Å². The summed E-state index contributed by atoms with van der Waals surface area (Å²) in [5, 5.41) is -1.14. The Bertz CT molecular complexity index is 750. The Morgan fingerprint density at radius 3 is 2.67 bits per heavy atom. The normalized spacial score (nSPS) is 19.9. The van der Waals surface area contributed by atoms with E-state index < -0.39 is 16.9 Å². The third kappa shape index (κ3) is 2.29. The van der Waals surface area contributed by atoms with Crippen LogP contribution in [0.4, 0.5) is 5.69 Å². The number of nitrogens with zero attached hydrogens (tertiary/aromatic N) is 2. The molecule has 0 N–H and O–H groups in total. The van der Waals surface area contributed by atoms with E-state index >= 15 is 0 Å². The third-order valence-electron chi connectivity index (χ3n) is 3.12. The van der Waals surface area contributed by atoms with Crippen LogP contribution in [0.15, 0.2) is 39.7 Å². The molecule has 0 fully saturated rings. The summed E-state index contributed by atoms with van der Waals surface area (Å²) in [6.07, 6.45) is 0.492. The Balaban J connectivity index is 2.10. The van der Waals surface area contributed by atoms with E-state index in [1.807, 2.05) is 13.0 Å². The number of aliphatic imine (C=N–C) groups is 1. The van der Waals surface area contributed by atoms with E-state index in [0.29, 0.717) is 18.0 Å². The fraction of sp³-hybridized carbons (Fsp3) is 0.200. The number of hydrogen-bond donors (Lipinski definition) is 0. The fourth-order valence-electron chi connectivity index (χ4n) is 2.06. The van der Waals surface area contributed by atoms with Crippen molar-refractivity contribution in [3.63, 3.8) is 0 Å². The van der Waals surface area contributed by atoms with Crippen molar-refractivity contribution in [3.05, 3.63) is 47.7 Å². The van der Waals surface area contributed by atoms with Crippen molar-refractivity contribution in [1.82, 2.24) is 4.98 Å². The van der Waals surface area contributed by atoms with Gasteiger partial charge in [0.15, 0.2) is 11.6 Å². The molecule has 1 unspecified atom stereocenters. The lowest BCUT2D eigenvalue weighted by atomic mass is 9.96. The van der Waals surface area contributed by atoms with Crippen molar-refractivity contribution < 1.29 is 14.0 Å². The van der Waals surface area contributed by atoms with Gasteiger partial charge in [0.2, 0.25) is 17.3 Å². The molecule has 3 rings (SSSR count). The maximum absolute atomic E-state index is 12.4. The molecule has 5 nitrogen and oxygen atoms in total. The first kappa shape index (κ1) is 13.7. The van der Waals surface area contributed by atoms with Crippen molar-refractivity contribution in [2.75, 3.05) is 0 Å². The van der Waals surface area contributed by atoms with Crippen LogP contribution in [0.25, 0.3) is 0 Å². The molecule has 0 radical (unpaired) electrons. The lowest BCUT2D eigenvalue weighted by Crippen LogP contribution is -2.37. The number of carbonyl (C=O) groups is 2. The molecule has 0 bridgehead atoms. The average molecular weight is 303 g/mol. The zero-order chi connectivity index (χ0) is 15.0. The highest BCUT2D eigenvalue weighted by Gasteiger charge is 2.41. The van der Waals surface area contributed by atoms with E-state index in [1.54, 1.807) is 24.3 Å². The minimum absolute atomic E-state index is 0.00358. The smallest absolute Gasteiger partial charge is 0.246 e. The molecule has 6 heteroatoms. The number of rotatable bonds is 2. The van der Waals surface area contributed by atoms with Gasteiger partial charge in [-0.2, -0.15) is 0 Å². The van der Waals surface area contributed by atoms with Crippen LogP contribution in [0, 0.1) is 0 Å². The number of alkyl halides is 1. The summed E-state index contributed by atoms with van der Waals surface area (Å²) in [7, 11) is 0. The molecule has 0 saturated heterocycles. The van der Waals surface area contributed by atoms with Gasteiger partial charge in [-0.1, -0.05) is 25.1 Å². The highest BCUT2D eigenvalue weighted by Crippen LogP contribution is 2.26. The van der Waals surface area contributed by atoms with Crippen LogP contribution in [0.1, 0.15) is 33.9 Å². The van der Waals surface area contributed by atoms with Crippen LogP contribution in [0.2, 0.25) is 0 Å². The molecule has 0 aliphatic heterocycles. The summed E-state index contributed by atoms with van der Waals surface area (Å²) in [6, 6.07) is 8.85. The first-order valence-electron chi connectivity index (χ1n) is 6.48. The highest BCUT2D eigenvalue weighted by atomic mass is 35.5. The topological polar surface area (TPSA) is 72.5 Å². The zero-order valence-electron chi connectivity index (χ0n) is 11.2. The van der Waals surface area contributed by atoms with Crippen LogP contribution in [-0.2, 0) is 6.42 Å². The second-order valence-electron chi connectivity index (χ2n) is 4.53. The molecule has 2 aromatic rings. The number of para-hydroxylation sites is 1. The number of oxazole rings is 1. The van der Waals surface area contributed by atoms with E-state index in [-0.39, 0.29) is 17.2 Å². The lowest BCUT2D eigenvalue weighted by Gasteiger charge is -2.14. The first-order chi connectivity index (χ1) is 10.1. The van der Waals surface area contributed by atoms with E-state index in [2.05, 4.69) is 9.98 Å². The summed E-state index contributed by atoms with van der Waals surface area (Å²) in [4.78, 5) is 32.8. The molecule has 1 aromatic carbocycles. The minimum atomic E-state index is -1.14. The molecule has 1 heterocycles. The average Bonchev–Trinajstić information content (AvgIpc) is 2.95. The van der Waals surface area contributed by atoms with Gasteiger partial charge in [0.05, 0.1) is 5.69 Å². The summed E-state index contributed by atoms with van der Waals surface area (Å²) in [5.41, 5.74) is 0.529. The summed E-state index contributed by atoms with van der Waals surface area (Å²) in [6.45, 7) is 1.82. The second kappa shape index (κ2) is 5.26. The third-order valence-corrected chi connectivity index (χ3v) is 3.53.